The standard InChI is InChI=1S/C10H20O4/c1-8(9(11)12-5)13-6-7-14-10(2,3)4/h8H,6-7H2,1-5H3/t8-/m1/s1. The third-order valence-electron chi connectivity index (χ3n) is 1.52. The summed E-state index contributed by atoms with van der Waals surface area (Å²) in [4.78, 5) is 10.9. The van der Waals surface area contributed by atoms with Crippen molar-refractivity contribution in [3.8, 4) is 0 Å². The molecule has 0 aliphatic carbocycles. The zero-order valence-electron chi connectivity index (χ0n) is 9.62. The van der Waals surface area contributed by atoms with Crippen molar-refractivity contribution < 1.29 is 19.0 Å². The summed E-state index contributed by atoms with van der Waals surface area (Å²) in [6, 6.07) is 0. The van der Waals surface area contributed by atoms with Gasteiger partial charge in [0.1, 0.15) is 0 Å². The Balaban J connectivity index is 3.50. The molecule has 0 heterocycles. The van der Waals surface area contributed by atoms with Gasteiger partial charge in [-0.1, -0.05) is 0 Å². The van der Waals surface area contributed by atoms with Crippen LogP contribution in [-0.2, 0) is 19.0 Å². The van der Waals surface area contributed by atoms with E-state index < -0.39 is 6.10 Å². The molecule has 0 saturated carbocycles. The first kappa shape index (κ1) is 13.4. The Hall–Kier alpha value is -0.610. The largest absolute Gasteiger partial charge is 0.467 e. The molecule has 84 valence electrons. The highest BCUT2D eigenvalue weighted by molar-refractivity contribution is 5.73. The van der Waals surface area contributed by atoms with Gasteiger partial charge in [0.15, 0.2) is 6.10 Å². The van der Waals surface area contributed by atoms with Gasteiger partial charge in [-0.2, -0.15) is 0 Å². The maximum absolute atomic E-state index is 10.9. The van der Waals surface area contributed by atoms with Crippen LogP contribution in [0.25, 0.3) is 0 Å². The van der Waals surface area contributed by atoms with Crippen molar-refractivity contribution in [3.05, 3.63) is 0 Å². The van der Waals surface area contributed by atoms with Gasteiger partial charge in [0, 0.05) is 0 Å². The molecule has 0 aromatic carbocycles. The molecule has 0 radical (unpaired) electrons. The van der Waals surface area contributed by atoms with E-state index in [0.717, 1.165) is 0 Å². The molecule has 0 aromatic rings. The van der Waals surface area contributed by atoms with Crippen molar-refractivity contribution in [1.82, 2.24) is 0 Å². The number of hydrogen-bond acceptors (Lipinski definition) is 4. The maximum Gasteiger partial charge on any atom is 0.334 e. The number of esters is 1. The number of ether oxygens (including phenoxy) is 3. The predicted octanol–water partition coefficient (Wildman–Crippen LogP) is 1.38. The summed E-state index contributed by atoms with van der Waals surface area (Å²) in [5.41, 5.74) is -0.169. The fraction of sp³-hybridized carbons (Fsp3) is 0.900. The number of carbonyl (C=O) groups is 1. The van der Waals surface area contributed by atoms with Gasteiger partial charge in [0.25, 0.3) is 0 Å². The van der Waals surface area contributed by atoms with E-state index in [9.17, 15) is 4.79 Å². The molecule has 4 heteroatoms. The van der Waals surface area contributed by atoms with Crippen LogP contribution in [0.2, 0.25) is 0 Å². The molecule has 0 fully saturated rings. The third-order valence-corrected chi connectivity index (χ3v) is 1.52. The zero-order chi connectivity index (χ0) is 11.2. The van der Waals surface area contributed by atoms with E-state index in [1.165, 1.54) is 7.11 Å². The summed E-state index contributed by atoms with van der Waals surface area (Å²) in [6.45, 7) is 8.44. The highest BCUT2D eigenvalue weighted by Gasteiger charge is 2.14. The van der Waals surface area contributed by atoms with Crippen molar-refractivity contribution in [2.45, 2.75) is 39.4 Å². The third kappa shape index (κ3) is 6.86. The fourth-order valence-electron chi connectivity index (χ4n) is 0.807. The van der Waals surface area contributed by atoms with E-state index in [-0.39, 0.29) is 11.6 Å². The van der Waals surface area contributed by atoms with E-state index in [0.29, 0.717) is 13.2 Å². The van der Waals surface area contributed by atoms with Crippen molar-refractivity contribution in [3.63, 3.8) is 0 Å². The molecular weight excluding hydrogens is 184 g/mol. The summed E-state index contributed by atoms with van der Waals surface area (Å²) in [5, 5.41) is 0. The Bertz CT molecular complexity index is 171. The monoisotopic (exact) mass is 204 g/mol. The lowest BCUT2D eigenvalue weighted by molar-refractivity contribution is -0.154. The fourth-order valence-corrected chi connectivity index (χ4v) is 0.807. The predicted molar refractivity (Wildman–Crippen MR) is 53.1 cm³/mol. The molecule has 0 saturated heterocycles. The van der Waals surface area contributed by atoms with Crippen molar-refractivity contribution >= 4 is 5.97 Å². The van der Waals surface area contributed by atoms with Crippen LogP contribution < -0.4 is 0 Å². The number of rotatable bonds is 5. The smallest absolute Gasteiger partial charge is 0.334 e. The lowest BCUT2D eigenvalue weighted by Gasteiger charge is -2.20. The first-order chi connectivity index (χ1) is 6.37. The second-order valence-electron chi connectivity index (χ2n) is 4.00. The molecule has 4 nitrogen and oxygen atoms in total. The summed E-state index contributed by atoms with van der Waals surface area (Å²) >= 11 is 0. The molecule has 0 N–H and O–H groups in total. The summed E-state index contributed by atoms with van der Waals surface area (Å²) in [7, 11) is 1.34. The van der Waals surface area contributed by atoms with E-state index >= 15 is 0 Å². The SMILES string of the molecule is COC(=O)[C@@H](C)OCCOC(C)(C)C. The van der Waals surface area contributed by atoms with Crippen LogP contribution in [0.5, 0.6) is 0 Å². The van der Waals surface area contributed by atoms with Crippen molar-refractivity contribution in [1.29, 1.82) is 0 Å². The van der Waals surface area contributed by atoms with Crippen LogP contribution in [-0.4, -0.2) is 38.0 Å². The highest BCUT2D eigenvalue weighted by Crippen LogP contribution is 2.06. The van der Waals surface area contributed by atoms with Gasteiger partial charge < -0.3 is 14.2 Å². The van der Waals surface area contributed by atoms with Crippen LogP contribution >= 0.6 is 0 Å². The second kappa shape index (κ2) is 5.98. The first-order valence-electron chi connectivity index (χ1n) is 4.70. The summed E-state index contributed by atoms with van der Waals surface area (Å²) in [5.74, 6) is -0.360. The van der Waals surface area contributed by atoms with Gasteiger partial charge in [-0.05, 0) is 27.7 Å². The normalized spacial score (nSPS) is 13.8. The molecule has 0 aliphatic heterocycles. The van der Waals surface area contributed by atoms with Gasteiger partial charge in [0.2, 0.25) is 0 Å². The second-order valence-corrected chi connectivity index (χ2v) is 4.00. The van der Waals surface area contributed by atoms with Gasteiger partial charge in [0.05, 0.1) is 25.9 Å². The Morgan fingerprint density at radius 1 is 1.29 bits per heavy atom. The average molecular weight is 204 g/mol. The van der Waals surface area contributed by atoms with Gasteiger partial charge in [-0.25, -0.2) is 4.79 Å². The number of carbonyl (C=O) groups excluding carboxylic acids is 1. The minimum Gasteiger partial charge on any atom is -0.467 e. The number of hydrogen-bond donors (Lipinski definition) is 0. The minimum atomic E-state index is -0.524. The Morgan fingerprint density at radius 2 is 1.86 bits per heavy atom. The molecule has 0 unspecified atom stereocenters. The minimum absolute atomic E-state index is 0.169. The van der Waals surface area contributed by atoms with Crippen molar-refractivity contribution in [2.75, 3.05) is 20.3 Å². The highest BCUT2D eigenvalue weighted by atomic mass is 16.6. The van der Waals surface area contributed by atoms with Crippen LogP contribution in [0.4, 0.5) is 0 Å². The number of methoxy groups -OCH3 is 1. The molecule has 14 heavy (non-hydrogen) atoms. The molecule has 0 spiro atoms. The molecule has 1 atom stereocenters. The topological polar surface area (TPSA) is 44.8 Å². The van der Waals surface area contributed by atoms with Gasteiger partial charge in [-0.15, -0.1) is 0 Å². The van der Waals surface area contributed by atoms with E-state index in [1.54, 1.807) is 6.92 Å². The summed E-state index contributed by atoms with van der Waals surface area (Å²) < 4.78 is 15.1. The van der Waals surface area contributed by atoms with Crippen LogP contribution in [0.3, 0.4) is 0 Å². The van der Waals surface area contributed by atoms with Crippen LogP contribution in [0, 0.1) is 0 Å². The lowest BCUT2D eigenvalue weighted by Crippen LogP contribution is -2.26. The Morgan fingerprint density at radius 3 is 2.29 bits per heavy atom. The van der Waals surface area contributed by atoms with Crippen LogP contribution in [0.1, 0.15) is 27.7 Å². The van der Waals surface area contributed by atoms with Crippen LogP contribution in [0.15, 0.2) is 0 Å². The molecule has 0 rings (SSSR count). The molecule has 0 amide bonds. The van der Waals surface area contributed by atoms with E-state index in [4.69, 9.17) is 9.47 Å². The van der Waals surface area contributed by atoms with Gasteiger partial charge in [-0.3, -0.25) is 0 Å². The Labute approximate surface area is 85.5 Å². The van der Waals surface area contributed by atoms with E-state index in [1.807, 2.05) is 20.8 Å². The molecule has 0 aliphatic rings. The lowest BCUT2D eigenvalue weighted by atomic mass is 10.2. The molecule has 0 aromatic heterocycles. The average Bonchev–Trinajstić information content (AvgIpc) is 2.09. The summed E-state index contributed by atoms with van der Waals surface area (Å²) in [6.07, 6.45) is -0.524. The molecular formula is C10H20O4. The Kier molecular flexibility index (Phi) is 5.72. The first-order valence-corrected chi connectivity index (χ1v) is 4.70. The van der Waals surface area contributed by atoms with Gasteiger partial charge >= 0.3 is 5.97 Å². The van der Waals surface area contributed by atoms with Crippen molar-refractivity contribution in [2.24, 2.45) is 0 Å². The maximum atomic E-state index is 10.9. The zero-order valence-corrected chi connectivity index (χ0v) is 9.62. The van der Waals surface area contributed by atoms with E-state index in [2.05, 4.69) is 4.74 Å². The molecule has 0 bridgehead atoms. The quantitative estimate of drug-likeness (QED) is 0.501.